The molecule has 0 aliphatic heterocycles. The number of unbranched alkanes of at least 4 members (excludes halogenated alkanes) is 4. The highest BCUT2D eigenvalue weighted by Crippen LogP contribution is 2.17. The summed E-state index contributed by atoms with van der Waals surface area (Å²) in [7, 11) is 1.92. The molecule has 0 aliphatic carbocycles. The van der Waals surface area contributed by atoms with Crippen LogP contribution in [-0.2, 0) is 0 Å². The van der Waals surface area contributed by atoms with E-state index in [4.69, 9.17) is 4.74 Å². The standard InChI is InChI=1S/C14H23NO/c1-3-4-5-6-7-11-16-14-10-8-9-13(12-14)15-2/h8-10,12,15H,3-7,11H2,1-2H3. The summed E-state index contributed by atoms with van der Waals surface area (Å²) in [6.07, 6.45) is 6.40. The minimum atomic E-state index is 0.830. The fourth-order valence-corrected chi connectivity index (χ4v) is 1.64. The largest absolute Gasteiger partial charge is 0.494 e. The average Bonchev–Trinajstić information content (AvgIpc) is 2.34. The van der Waals surface area contributed by atoms with Crippen LogP contribution in [0.1, 0.15) is 39.0 Å². The molecule has 0 atom stereocenters. The molecule has 0 spiro atoms. The Bertz CT molecular complexity index is 286. The first-order valence-electron chi connectivity index (χ1n) is 6.27. The third-order valence-corrected chi connectivity index (χ3v) is 2.64. The zero-order valence-electron chi connectivity index (χ0n) is 10.5. The SMILES string of the molecule is CCCCCCCOc1cccc(NC)c1. The van der Waals surface area contributed by atoms with Gasteiger partial charge in [0.2, 0.25) is 0 Å². The van der Waals surface area contributed by atoms with E-state index in [9.17, 15) is 0 Å². The molecule has 90 valence electrons. The summed E-state index contributed by atoms with van der Waals surface area (Å²) < 4.78 is 5.69. The summed E-state index contributed by atoms with van der Waals surface area (Å²) >= 11 is 0. The normalized spacial score (nSPS) is 10.1. The summed E-state index contributed by atoms with van der Waals surface area (Å²) in [5.41, 5.74) is 1.10. The molecule has 0 aromatic heterocycles. The zero-order chi connectivity index (χ0) is 11.6. The number of benzene rings is 1. The molecule has 2 heteroatoms. The molecule has 1 aromatic carbocycles. The van der Waals surface area contributed by atoms with Gasteiger partial charge in [-0.1, -0.05) is 38.7 Å². The number of hydrogen-bond donors (Lipinski definition) is 1. The number of nitrogens with one attached hydrogen (secondary N) is 1. The maximum absolute atomic E-state index is 5.69. The Hall–Kier alpha value is -1.18. The number of hydrogen-bond acceptors (Lipinski definition) is 2. The molecule has 1 aromatic rings. The van der Waals surface area contributed by atoms with Gasteiger partial charge in [0.15, 0.2) is 0 Å². The maximum atomic E-state index is 5.69. The van der Waals surface area contributed by atoms with Crippen LogP contribution in [0.5, 0.6) is 5.75 Å². The van der Waals surface area contributed by atoms with E-state index >= 15 is 0 Å². The van der Waals surface area contributed by atoms with Crippen molar-refractivity contribution < 1.29 is 4.74 Å². The summed E-state index contributed by atoms with van der Waals surface area (Å²) in [5.74, 6) is 0.961. The predicted octanol–water partition coefficient (Wildman–Crippen LogP) is 4.08. The highest BCUT2D eigenvalue weighted by Gasteiger charge is 1.95. The molecule has 0 unspecified atom stereocenters. The first-order valence-corrected chi connectivity index (χ1v) is 6.27. The number of anilines is 1. The van der Waals surface area contributed by atoms with Crippen LogP contribution in [0.2, 0.25) is 0 Å². The van der Waals surface area contributed by atoms with Gasteiger partial charge in [-0.3, -0.25) is 0 Å². The highest BCUT2D eigenvalue weighted by atomic mass is 16.5. The van der Waals surface area contributed by atoms with Crippen molar-refractivity contribution in [2.24, 2.45) is 0 Å². The topological polar surface area (TPSA) is 21.3 Å². The molecule has 0 saturated carbocycles. The van der Waals surface area contributed by atoms with E-state index in [0.29, 0.717) is 0 Å². The minimum absolute atomic E-state index is 0.830. The van der Waals surface area contributed by atoms with Gasteiger partial charge < -0.3 is 10.1 Å². The predicted molar refractivity (Wildman–Crippen MR) is 70.2 cm³/mol. The lowest BCUT2D eigenvalue weighted by molar-refractivity contribution is 0.304. The van der Waals surface area contributed by atoms with E-state index in [1.165, 1.54) is 25.7 Å². The van der Waals surface area contributed by atoms with Crippen LogP contribution < -0.4 is 10.1 Å². The Balaban J connectivity index is 2.16. The molecule has 0 aliphatic rings. The molecule has 2 nitrogen and oxygen atoms in total. The van der Waals surface area contributed by atoms with Crippen molar-refractivity contribution in [1.29, 1.82) is 0 Å². The van der Waals surface area contributed by atoms with Crippen LogP contribution in [0, 0.1) is 0 Å². The highest BCUT2D eigenvalue weighted by molar-refractivity contribution is 5.47. The van der Waals surface area contributed by atoms with Crippen LogP contribution in [0.15, 0.2) is 24.3 Å². The molecular weight excluding hydrogens is 198 g/mol. The molecule has 0 fully saturated rings. The van der Waals surface area contributed by atoms with Gasteiger partial charge in [-0.25, -0.2) is 0 Å². The first-order chi connectivity index (χ1) is 7.86. The summed E-state index contributed by atoms with van der Waals surface area (Å²) in [6, 6.07) is 8.09. The van der Waals surface area contributed by atoms with E-state index in [1.807, 2.05) is 31.3 Å². The van der Waals surface area contributed by atoms with Gasteiger partial charge in [0.1, 0.15) is 5.75 Å². The Morgan fingerprint density at radius 2 is 1.94 bits per heavy atom. The van der Waals surface area contributed by atoms with Crippen molar-refractivity contribution in [1.82, 2.24) is 0 Å². The molecule has 1 rings (SSSR count). The Kier molecular flexibility index (Phi) is 6.47. The van der Waals surface area contributed by atoms with Crippen molar-refractivity contribution in [2.75, 3.05) is 19.0 Å². The molecule has 1 N–H and O–H groups in total. The fourth-order valence-electron chi connectivity index (χ4n) is 1.64. The number of ether oxygens (including phenoxy) is 1. The van der Waals surface area contributed by atoms with Crippen molar-refractivity contribution >= 4 is 5.69 Å². The Labute approximate surface area is 99.0 Å². The van der Waals surface area contributed by atoms with Crippen LogP contribution in [0.25, 0.3) is 0 Å². The molecule has 0 bridgehead atoms. The van der Waals surface area contributed by atoms with Crippen LogP contribution in [0.4, 0.5) is 5.69 Å². The van der Waals surface area contributed by atoms with Crippen molar-refractivity contribution in [2.45, 2.75) is 39.0 Å². The second-order valence-electron chi connectivity index (χ2n) is 4.04. The van der Waals surface area contributed by atoms with E-state index < -0.39 is 0 Å². The summed E-state index contributed by atoms with van der Waals surface area (Å²) in [5, 5.41) is 3.11. The molecular formula is C14H23NO. The molecule has 0 amide bonds. The maximum Gasteiger partial charge on any atom is 0.121 e. The third-order valence-electron chi connectivity index (χ3n) is 2.64. The Morgan fingerprint density at radius 1 is 1.12 bits per heavy atom. The van der Waals surface area contributed by atoms with E-state index in [1.54, 1.807) is 0 Å². The lowest BCUT2D eigenvalue weighted by Gasteiger charge is -2.07. The van der Waals surface area contributed by atoms with Crippen molar-refractivity contribution in [3.05, 3.63) is 24.3 Å². The molecule has 0 saturated heterocycles. The minimum Gasteiger partial charge on any atom is -0.494 e. The van der Waals surface area contributed by atoms with E-state index in [0.717, 1.165) is 24.5 Å². The smallest absolute Gasteiger partial charge is 0.121 e. The second-order valence-corrected chi connectivity index (χ2v) is 4.04. The third kappa shape index (κ3) is 5.06. The molecule has 0 radical (unpaired) electrons. The van der Waals surface area contributed by atoms with Gasteiger partial charge in [0.25, 0.3) is 0 Å². The fraction of sp³-hybridized carbons (Fsp3) is 0.571. The van der Waals surface area contributed by atoms with Gasteiger partial charge >= 0.3 is 0 Å². The van der Waals surface area contributed by atoms with Gasteiger partial charge in [-0.15, -0.1) is 0 Å². The lowest BCUT2D eigenvalue weighted by atomic mass is 10.2. The van der Waals surface area contributed by atoms with Gasteiger partial charge in [-0.05, 0) is 18.6 Å². The summed E-state index contributed by atoms with van der Waals surface area (Å²) in [4.78, 5) is 0. The van der Waals surface area contributed by atoms with Crippen molar-refractivity contribution in [3.63, 3.8) is 0 Å². The second kappa shape index (κ2) is 8.03. The van der Waals surface area contributed by atoms with Crippen LogP contribution >= 0.6 is 0 Å². The van der Waals surface area contributed by atoms with E-state index in [2.05, 4.69) is 12.2 Å². The Morgan fingerprint density at radius 3 is 2.69 bits per heavy atom. The molecule has 16 heavy (non-hydrogen) atoms. The van der Waals surface area contributed by atoms with Crippen LogP contribution in [0.3, 0.4) is 0 Å². The first kappa shape index (κ1) is 12.9. The quantitative estimate of drug-likeness (QED) is 0.668. The monoisotopic (exact) mass is 221 g/mol. The van der Waals surface area contributed by atoms with Gasteiger partial charge in [-0.2, -0.15) is 0 Å². The summed E-state index contributed by atoms with van der Waals surface area (Å²) in [6.45, 7) is 3.07. The lowest BCUT2D eigenvalue weighted by Crippen LogP contribution is -1.98. The average molecular weight is 221 g/mol. The molecule has 0 heterocycles. The number of rotatable bonds is 8. The zero-order valence-corrected chi connectivity index (χ0v) is 10.5. The van der Waals surface area contributed by atoms with Gasteiger partial charge in [0.05, 0.1) is 6.61 Å². The van der Waals surface area contributed by atoms with Crippen molar-refractivity contribution in [3.8, 4) is 5.75 Å². The van der Waals surface area contributed by atoms with E-state index in [-0.39, 0.29) is 0 Å². The van der Waals surface area contributed by atoms with Gasteiger partial charge in [0, 0.05) is 18.8 Å². The van der Waals surface area contributed by atoms with Crippen LogP contribution in [-0.4, -0.2) is 13.7 Å².